The lowest BCUT2D eigenvalue weighted by Crippen LogP contribution is -2.44. The molecular formula is C27H32F3N5O2S. The second kappa shape index (κ2) is 11.0. The average Bonchev–Trinajstić information content (AvgIpc) is 3.39. The first-order valence-corrected chi connectivity index (χ1v) is 14.6. The molecular weight excluding hydrogens is 515 g/mol. The van der Waals surface area contributed by atoms with Crippen molar-refractivity contribution in [3.05, 3.63) is 77.0 Å². The first kappa shape index (κ1) is 26.6. The maximum absolute atomic E-state index is 12.6. The van der Waals surface area contributed by atoms with Crippen LogP contribution >= 0.6 is 0 Å². The zero-order valence-electron chi connectivity index (χ0n) is 21.0. The van der Waals surface area contributed by atoms with E-state index in [0.717, 1.165) is 48.6 Å². The lowest BCUT2D eigenvalue weighted by atomic mass is 9.74. The van der Waals surface area contributed by atoms with Gasteiger partial charge in [-0.2, -0.15) is 13.2 Å². The number of hydrogen-bond acceptors (Lipinski definition) is 4. The predicted molar refractivity (Wildman–Crippen MR) is 142 cm³/mol. The first-order valence-electron chi connectivity index (χ1n) is 12.9. The van der Waals surface area contributed by atoms with Crippen LogP contribution in [0.2, 0.25) is 0 Å². The Morgan fingerprint density at radius 1 is 1.03 bits per heavy atom. The summed E-state index contributed by atoms with van der Waals surface area (Å²) < 4.78 is 63.3. The van der Waals surface area contributed by atoms with Crippen molar-refractivity contribution in [3.63, 3.8) is 0 Å². The molecule has 5 rings (SSSR count). The second-order valence-electron chi connectivity index (χ2n) is 10.1. The number of benzene rings is 2. The molecule has 2 aromatic rings. The fourth-order valence-corrected chi connectivity index (χ4v) is 6.50. The number of guanidine groups is 1. The zero-order valence-corrected chi connectivity index (χ0v) is 21.8. The van der Waals surface area contributed by atoms with E-state index in [1.807, 2.05) is 23.1 Å². The fourth-order valence-electron chi connectivity index (χ4n) is 5.50. The largest absolute Gasteiger partial charge is 0.404 e. The van der Waals surface area contributed by atoms with Gasteiger partial charge in [-0.05, 0) is 79.7 Å². The number of likely N-dealkylation sites (tertiary alicyclic amines) is 1. The molecule has 0 bridgehead atoms. The van der Waals surface area contributed by atoms with Crippen LogP contribution in [-0.4, -0.2) is 57.4 Å². The van der Waals surface area contributed by atoms with E-state index in [4.69, 9.17) is 4.99 Å². The molecule has 0 amide bonds. The summed E-state index contributed by atoms with van der Waals surface area (Å²) >= 11 is 0. The Morgan fingerprint density at radius 3 is 2.45 bits per heavy atom. The quantitative estimate of drug-likeness (QED) is 0.424. The van der Waals surface area contributed by atoms with Crippen LogP contribution in [0.25, 0.3) is 0 Å². The van der Waals surface area contributed by atoms with Crippen LogP contribution in [0, 0.1) is 0 Å². The highest BCUT2D eigenvalue weighted by Gasteiger charge is 2.36. The van der Waals surface area contributed by atoms with E-state index < -0.39 is 22.0 Å². The monoisotopic (exact) mass is 547 g/mol. The second-order valence-corrected chi connectivity index (χ2v) is 11.8. The van der Waals surface area contributed by atoms with Crippen molar-refractivity contribution in [2.24, 2.45) is 4.99 Å². The minimum Gasteiger partial charge on any atom is -0.345 e. The molecule has 38 heavy (non-hydrogen) atoms. The zero-order chi connectivity index (χ0) is 26.8. The van der Waals surface area contributed by atoms with Crippen LogP contribution < -0.4 is 15.4 Å². The summed E-state index contributed by atoms with van der Waals surface area (Å²) in [5.41, 5.74) is 4.54. The molecule has 11 heteroatoms. The van der Waals surface area contributed by atoms with Crippen LogP contribution in [0.3, 0.4) is 0 Å². The summed E-state index contributed by atoms with van der Waals surface area (Å²) in [7, 11) is -4.53. The highest BCUT2D eigenvalue weighted by atomic mass is 32.2. The normalized spacial score (nSPS) is 22.7. The molecule has 7 nitrogen and oxygen atoms in total. The van der Waals surface area contributed by atoms with Gasteiger partial charge in [0.05, 0.1) is 6.04 Å². The average molecular weight is 548 g/mol. The Morgan fingerprint density at radius 2 is 1.74 bits per heavy atom. The highest BCUT2D eigenvalue weighted by Crippen LogP contribution is 2.44. The number of anilines is 1. The van der Waals surface area contributed by atoms with Crippen molar-refractivity contribution in [2.45, 2.75) is 43.8 Å². The number of nitrogens with zero attached hydrogens (tertiary/aromatic N) is 2. The summed E-state index contributed by atoms with van der Waals surface area (Å²) in [6.07, 6.45) is 1.56. The van der Waals surface area contributed by atoms with Crippen LogP contribution in [-0.2, 0) is 10.0 Å². The van der Waals surface area contributed by atoms with Gasteiger partial charge in [-0.25, -0.2) is 8.42 Å². The summed E-state index contributed by atoms with van der Waals surface area (Å²) in [4.78, 5) is 7.23. The van der Waals surface area contributed by atoms with Gasteiger partial charge in [0.25, 0.3) is 0 Å². The Balaban J connectivity index is 1.28. The van der Waals surface area contributed by atoms with Crippen molar-refractivity contribution in [1.82, 2.24) is 15.5 Å². The van der Waals surface area contributed by atoms with Crippen LogP contribution in [0.1, 0.15) is 54.3 Å². The molecule has 3 aliphatic rings. The number of aliphatic imine (C=N–C) groups is 1. The molecule has 3 N–H and O–H groups in total. The van der Waals surface area contributed by atoms with Crippen LogP contribution in [0.4, 0.5) is 18.9 Å². The fraction of sp³-hybridized carbons (Fsp3) is 0.444. The van der Waals surface area contributed by atoms with Gasteiger partial charge in [-0.1, -0.05) is 36.4 Å². The smallest absolute Gasteiger partial charge is 0.345 e. The Labute approximate surface area is 221 Å². The standard InChI is InChI=1S/C27H32F3N5O2S/c28-27(29,30)18-38(36,37)34-21-10-8-19(9-11-21)24-16-20-17-32-26(31-12-5-15-35-13-3-4-14-35)33-25(20)23-7-2-1-6-22(23)24/h1-2,6-11,17,24-25,34H,3-5,12-16,18H2,(H2,31,32,33). The Hall–Kier alpha value is -3.05. The van der Waals surface area contributed by atoms with Crippen LogP contribution in [0.5, 0.6) is 0 Å². The van der Waals surface area contributed by atoms with Gasteiger partial charge >= 0.3 is 6.18 Å². The Kier molecular flexibility index (Phi) is 7.67. The third kappa shape index (κ3) is 6.50. The van der Waals surface area contributed by atoms with Gasteiger partial charge in [0.15, 0.2) is 11.7 Å². The van der Waals surface area contributed by atoms with Gasteiger partial charge in [-0.3, -0.25) is 9.71 Å². The summed E-state index contributed by atoms with van der Waals surface area (Å²) in [5, 5.41) is 6.85. The van der Waals surface area contributed by atoms with E-state index >= 15 is 0 Å². The number of alkyl halides is 3. The van der Waals surface area contributed by atoms with Gasteiger partial charge in [-0.15, -0.1) is 0 Å². The van der Waals surface area contributed by atoms with E-state index in [0.29, 0.717) is 0 Å². The van der Waals surface area contributed by atoms with E-state index in [1.165, 1.54) is 43.6 Å². The molecule has 0 radical (unpaired) electrons. The third-order valence-electron chi connectivity index (χ3n) is 7.21. The van der Waals surface area contributed by atoms with Gasteiger partial charge in [0, 0.05) is 24.4 Å². The van der Waals surface area contributed by atoms with Gasteiger partial charge < -0.3 is 15.5 Å². The van der Waals surface area contributed by atoms with E-state index in [-0.39, 0.29) is 17.6 Å². The molecule has 1 saturated heterocycles. The van der Waals surface area contributed by atoms with E-state index in [9.17, 15) is 21.6 Å². The molecule has 2 aromatic carbocycles. The number of nitrogens with one attached hydrogen (secondary N) is 3. The van der Waals surface area contributed by atoms with Crippen molar-refractivity contribution >= 4 is 21.7 Å². The van der Waals surface area contributed by atoms with Crippen molar-refractivity contribution in [1.29, 1.82) is 0 Å². The maximum Gasteiger partial charge on any atom is 0.404 e. The molecule has 0 saturated carbocycles. The molecule has 0 spiro atoms. The van der Waals surface area contributed by atoms with E-state index in [2.05, 4.69) is 27.7 Å². The third-order valence-corrected chi connectivity index (χ3v) is 8.46. The molecule has 2 unspecified atom stereocenters. The molecule has 2 atom stereocenters. The first-order chi connectivity index (χ1) is 18.2. The number of fused-ring (bicyclic) bond motifs is 3. The van der Waals surface area contributed by atoms with Crippen molar-refractivity contribution < 1.29 is 21.6 Å². The van der Waals surface area contributed by atoms with Crippen molar-refractivity contribution in [2.75, 3.05) is 36.7 Å². The SMILES string of the molecule is O=S(=O)(CC(F)(F)F)Nc1ccc(C2CC3=CNC(=NCCCN4CCCC4)NC3c3ccccc32)cc1. The molecule has 1 fully saturated rings. The lowest BCUT2D eigenvalue weighted by molar-refractivity contribution is -0.106. The highest BCUT2D eigenvalue weighted by molar-refractivity contribution is 7.92. The predicted octanol–water partition coefficient (Wildman–Crippen LogP) is 4.49. The van der Waals surface area contributed by atoms with Crippen LogP contribution in [0.15, 0.2) is 65.3 Å². The van der Waals surface area contributed by atoms with Gasteiger partial charge in [0.1, 0.15) is 0 Å². The lowest BCUT2D eigenvalue weighted by Gasteiger charge is -2.37. The number of sulfonamides is 1. The minimum atomic E-state index is -4.80. The number of halogens is 3. The molecule has 2 aliphatic heterocycles. The van der Waals surface area contributed by atoms with Crippen molar-refractivity contribution in [3.8, 4) is 0 Å². The summed E-state index contributed by atoms with van der Waals surface area (Å²) in [5.74, 6) is -1.13. The molecule has 204 valence electrons. The number of rotatable bonds is 8. The molecule has 2 heterocycles. The maximum atomic E-state index is 12.6. The molecule has 1 aliphatic carbocycles. The molecule has 0 aromatic heterocycles. The van der Waals surface area contributed by atoms with Gasteiger partial charge in [0.2, 0.25) is 10.0 Å². The topological polar surface area (TPSA) is 85.8 Å². The van der Waals surface area contributed by atoms with E-state index in [1.54, 1.807) is 12.1 Å². The minimum absolute atomic E-state index is 0.00878. The summed E-state index contributed by atoms with van der Waals surface area (Å²) in [6.45, 7) is 4.21. The Bertz CT molecular complexity index is 1300. The number of hydrogen-bond donors (Lipinski definition) is 3. The summed E-state index contributed by atoms with van der Waals surface area (Å²) in [6, 6.07) is 14.8.